The summed E-state index contributed by atoms with van der Waals surface area (Å²) in [4.78, 5) is 4.68. The number of nitrogen functional groups attached to an aromatic ring is 1. The molecule has 0 bridgehead atoms. The van der Waals surface area contributed by atoms with E-state index < -0.39 is 0 Å². The molecule has 0 amide bonds. The summed E-state index contributed by atoms with van der Waals surface area (Å²) in [5.41, 5.74) is 9.21. The molecule has 0 spiro atoms. The Kier molecular flexibility index (Phi) is 4.93. The first-order valence-electron chi connectivity index (χ1n) is 7.39. The van der Waals surface area contributed by atoms with E-state index in [1.165, 1.54) is 12.0 Å². The number of imidazole rings is 1. The van der Waals surface area contributed by atoms with Crippen molar-refractivity contribution in [2.24, 2.45) is 0 Å². The van der Waals surface area contributed by atoms with Crippen LogP contribution in [0.5, 0.6) is 0 Å². The van der Waals surface area contributed by atoms with Crippen molar-refractivity contribution in [2.75, 3.05) is 5.73 Å². The molecule has 3 aromatic rings. The molecular formula is C17H19N3OS2. The van der Waals surface area contributed by atoms with Gasteiger partial charge in [-0.05, 0) is 43.5 Å². The molecule has 3 rings (SSSR count). The van der Waals surface area contributed by atoms with E-state index in [1.54, 1.807) is 11.3 Å². The Labute approximate surface area is 144 Å². The van der Waals surface area contributed by atoms with Crippen molar-refractivity contribution in [2.45, 2.75) is 25.5 Å². The van der Waals surface area contributed by atoms with Gasteiger partial charge in [-0.15, -0.1) is 11.3 Å². The first kappa shape index (κ1) is 16.0. The highest BCUT2D eigenvalue weighted by Crippen LogP contribution is 2.39. The number of hydrogen-bond donors (Lipinski definition) is 1. The van der Waals surface area contributed by atoms with Crippen LogP contribution in [0.2, 0.25) is 0 Å². The molecule has 3 aromatic heterocycles. The summed E-state index contributed by atoms with van der Waals surface area (Å²) in [5.74, 6) is 0.892. The Morgan fingerprint density at radius 2 is 2.35 bits per heavy atom. The molecule has 0 aromatic carbocycles. The van der Waals surface area contributed by atoms with Crippen LogP contribution in [0.1, 0.15) is 30.4 Å². The molecule has 0 saturated heterocycles. The molecular weight excluding hydrogens is 326 g/mol. The Balaban J connectivity index is 1.84. The van der Waals surface area contributed by atoms with Gasteiger partial charge in [0.1, 0.15) is 11.4 Å². The lowest BCUT2D eigenvalue weighted by Gasteiger charge is -2.15. The summed E-state index contributed by atoms with van der Waals surface area (Å²) in [5, 5.41) is 2.97. The van der Waals surface area contributed by atoms with Gasteiger partial charge in [0.15, 0.2) is 0 Å². The van der Waals surface area contributed by atoms with Gasteiger partial charge in [-0.3, -0.25) is 0 Å². The third-order valence-corrected chi connectivity index (χ3v) is 5.36. The van der Waals surface area contributed by atoms with E-state index in [0.29, 0.717) is 0 Å². The largest absolute Gasteiger partial charge is 0.430 e. The van der Waals surface area contributed by atoms with Crippen molar-refractivity contribution in [1.29, 1.82) is 0 Å². The number of aromatic nitrogens is 2. The van der Waals surface area contributed by atoms with Crippen molar-refractivity contribution < 1.29 is 4.18 Å². The van der Waals surface area contributed by atoms with Crippen molar-refractivity contribution in [3.05, 3.63) is 65.1 Å². The smallest absolute Gasteiger partial charge is 0.136 e. The summed E-state index contributed by atoms with van der Waals surface area (Å²) in [7, 11) is 0. The van der Waals surface area contributed by atoms with Crippen LogP contribution in [0.4, 0.5) is 5.00 Å². The lowest BCUT2D eigenvalue weighted by Crippen LogP contribution is -2.02. The van der Waals surface area contributed by atoms with E-state index in [0.717, 1.165) is 34.1 Å². The minimum atomic E-state index is 0.112. The number of thiophene rings is 1. The van der Waals surface area contributed by atoms with Crippen LogP contribution >= 0.6 is 23.4 Å². The summed E-state index contributed by atoms with van der Waals surface area (Å²) in [6.07, 6.45) is 6.79. The fourth-order valence-electron chi connectivity index (χ4n) is 2.25. The van der Waals surface area contributed by atoms with E-state index in [9.17, 15) is 0 Å². The highest BCUT2D eigenvalue weighted by molar-refractivity contribution is 7.95. The maximum atomic E-state index is 6.12. The first-order valence-corrected chi connectivity index (χ1v) is 9.07. The molecule has 1 atom stereocenters. The number of anilines is 1. The van der Waals surface area contributed by atoms with Crippen LogP contribution in [0.25, 0.3) is 5.65 Å². The van der Waals surface area contributed by atoms with Crippen LogP contribution in [-0.2, 0) is 10.6 Å². The maximum absolute atomic E-state index is 6.12. The number of allylic oxidation sites excluding steroid dienone is 2. The van der Waals surface area contributed by atoms with Crippen molar-refractivity contribution in [3.8, 4) is 0 Å². The van der Waals surface area contributed by atoms with Gasteiger partial charge in [0.05, 0.1) is 28.0 Å². The van der Waals surface area contributed by atoms with Crippen molar-refractivity contribution in [1.82, 2.24) is 9.38 Å². The zero-order valence-corrected chi connectivity index (χ0v) is 14.7. The highest BCUT2D eigenvalue weighted by Gasteiger charge is 2.20. The standard InChI is InChI=1S/C17H19N3OS2/c1-3-12(2)21-23-15(14-7-9-22-17(14)18)10-13-11-20-8-5-4-6-16(20)19-13/h3-9,11,15H,10,18H2,1-2H3/b12-3+. The molecule has 0 radical (unpaired) electrons. The SMILES string of the molecule is C/C=C(\C)OSC(Cc1cn2ccccc2n1)c1ccsc1N. The molecule has 120 valence electrons. The minimum absolute atomic E-state index is 0.112. The molecule has 0 aliphatic rings. The normalized spacial score (nSPS) is 13.4. The first-order chi connectivity index (χ1) is 11.2. The number of rotatable bonds is 6. The van der Waals surface area contributed by atoms with Gasteiger partial charge in [0.25, 0.3) is 0 Å². The molecule has 4 nitrogen and oxygen atoms in total. The lowest BCUT2D eigenvalue weighted by atomic mass is 10.1. The van der Waals surface area contributed by atoms with Crippen LogP contribution in [0.15, 0.2) is 53.9 Å². The third-order valence-electron chi connectivity index (χ3n) is 3.58. The minimum Gasteiger partial charge on any atom is -0.430 e. The molecule has 3 heterocycles. The van der Waals surface area contributed by atoms with Gasteiger partial charge < -0.3 is 14.3 Å². The van der Waals surface area contributed by atoms with E-state index in [-0.39, 0.29) is 5.25 Å². The lowest BCUT2D eigenvalue weighted by molar-refractivity contribution is 0.493. The fraction of sp³-hybridized carbons (Fsp3) is 0.235. The van der Waals surface area contributed by atoms with Gasteiger partial charge in [-0.1, -0.05) is 6.07 Å². The monoisotopic (exact) mass is 345 g/mol. The summed E-state index contributed by atoms with van der Waals surface area (Å²) >= 11 is 3.00. The molecule has 0 saturated carbocycles. The molecule has 0 aliphatic carbocycles. The molecule has 2 N–H and O–H groups in total. The molecule has 0 aliphatic heterocycles. The highest BCUT2D eigenvalue weighted by atomic mass is 32.2. The predicted molar refractivity (Wildman–Crippen MR) is 98.5 cm³/mol. The molecule has 23 heavy (non-hydrogen) atoms. The van der Waals surface area contributed by atoms with E-state index >= 15 is 0 Å². The van der Waals surface area contributed by atoms with E-state index in [1.807, 2.05) is 54.1 Å². The van der Waals surface area contributed by atoms with Gasteiger partial charge in [0, 0.05) is 24.4 Å². The topological polar surface area (TPSA) is 52.5 Å². The third kappa shape index (κ3) is 3.71. The van der Waals surface area contributed by atoms with E-state index in [4.69, 9.17) is 9.92 Å². The molecule has 1 unspecified atom stereocenters. The van der Waals surface area contributed by atoms with Gasteiger partial charge in [-0.25, -0.2) is 4.98 Å². The zero-order chi connectivity index (χ0) is 16.2. The van der Waals surface area contributed by atoms with Gasteiger partial charge in [0.2, 0.25) is 0 Å². The Morgan fingerprint density at radius 3 is 3.04 bits per heavy atom. The second-order valence-electron chi connectivity index (χ2n) is 5.21. The number of fused-ring (bicyclic) bond motifs is 1. The van der Waals surface area contributed by atoms with Gasteiger partial charge in [-0.2, -0.15) is 0 Å². The van der Waals surface area contributed by atoms with Crippen LogP contribution in [0, 0.1) is 0 Å². The van der Waals surface area contributed by atoms with Crippen molar-refractivity contribution >= 4 is 34.0 Å². The number of pyridine rings is 1. The summed E-state index contributed by atoms with van der Waals surface area (Å²) in [6.45, 7) is 3.91. The number of nitrogens with zero attached hydrogens (tertiary/aromatic N) is 2. The average Bonchev–Trinajstić information content (AvgIpc) is 3.16. The van der Waals surface area contributed by atoms with Crippen molar-refractivity contribution in [3.63, 3.8) is 0 Å². The zero-order valence-electron chi connectivity index (χ0n) is 13.1. The quantitative estimate of drug-likeness (QED) is 0.512. The number of nitrogens with two attached hydrogens (primary N) is 1. The summed E-state index contributed by atoms with van der Waals surface area (Å²) < 4.78 is 7.80. The van der Waals surface area contributed by atoms with E-state index in [2.05, 4.69) is 17.2 Å². The van der Waals surface area contributed by atoms with Crippen LogP contribution in [-0.4, -0.2) is 9.38 Å². The fourth-order valence-corrected chi connectivity index (χ4v) is 3.94. The number of hydrogen-bond acceptors (Lipinski definition) is 5. The predicted octanol–water partition coefficient (Wildman–Crippen LogP) is 4.85. The Bertz CT molecular complexity index is 789. The Hall–Kier alpha value is -1.92. The van der Waals surface area contributed by atoms with Gasteiger partial charge >= 0.3 is 0 Å². The second-order valence-corrected chi connectivity index (χ2v) is 7.09. The second kappa shape index (κ2) is 7.10. The summed E-state index contributed by atoms with van der Waals surface area (Å²) in [6, 6.07) is 8.07. The average molecular weight is 345 g/mol. The van der Waals surface area contributed by atoms with Crippen LogP contribution in [0.3, 0.4) is 0 Å². The molecule has 6 heteroatoms. The molecule has 0 fully saturated rings. The Morgan fingerprint density at radius 1 is 1.48 bits per heavy atom. The maximum Gasteiger partial charge on any atom is 0.136 e. The van der Waals surface area contributed by atoms with Crippen LogP contribution < -0.4 is 5.73 Å².